The molecule has 1 atom stereocenters. The van der Waals surface area contributed by atoms with Gasteiger partial charge in [0.25, 0.3) is 5.91 Å². The fraction of sp³-hybridized carbons (Fsp3) is 0.273. The summed E-state index contributed by atoms with van der Waals surface area (Å²) in [6, 6.07) is 16.9. The molecule has 0 spiro atoms. The third kappa shape index (κ3) is 4.37. The van der Waals surface area contributed by atoms with Crippen LogP contribution in [0.3, 0.4) is 0 Å². The van der Waals surface area contributed by atoms with Crippen LogP contribution in [-0.2, 0) is 0 Å². The fourth-order valence-electron chi connectivity index (χ4n) is 2.83. The predicted molar refractivity (Wildman–Crippen MR) is 106 cm³/mol. The molecule has 0 bridgehead atoms. The molecule has 0 fully saturated rings. The summed E-state index contributed by atoms with van der Waals surface area (Å²) in [6.45, 7) is 4.62. The van der Waals surface area contributed by atoms with Crippen LogP contribution in [0.25, 0.3) is 10.9 Å². The molecule has 0 aliphatic carbocycles. The van der Waals surface area contributed by atoms with Gasteiger partial charge < -0.3 is 14.8 Å². The average Bonchev–Trinajstić information content (AvgIpc) is 2.71. The minimum Gasteiger partial charge on any atom is -0.493 e. The number of aromatic nitrogens is 1. The van der Waals surface area contributed by atoms with Gasteiger partial charge in [-0.25, -0.2) is 4.98 Å². The Bertz CT molecular complexity index is 940. The van der Waals surface area contributed by atoms with Gasteiger partial charge >= 0.3 is 0 Å². The second-order valence-electron chi connectivity index (χ2n) is 6.34. The highest BCUT2D eigenvalue weighted by Gasteiger charge is 2.15. The average molecular weight is 364 g/mol. The molecular weight excluding hydrogens is 340 g/mol. The van der Waals surface area contributed by atoms with Crippen molar-refractivity contribution in [3.05, 3.63) is 65.9 Å². The zero-order valence-corrected chi connectivity index (χ0v) is 15.9. The number of methoxy groups -OCH3 is 1. The normalized spacial score (nSPS) is 11.8. The first-order valence-corrected chi connectivity index (χ1v) is 9.09. The van der Waals surface area contributed by atoms with Gasteiger partial charge in [0.2, 0.25) is 0 Å². The van der Waals surface area contributed by atoms with Gasteiger partial charge in [-0.2, -0.15) is 0 Å². The van der Waals surface area contributed by atoms with E-state index in [9.17, 15) is 4.79 Å². The van der Waals surface area contributed by atoms with E-state index in [0.29, 0.717) is 23.8 Å². The van der Waals surface area contributed by atoms with Crippen LogP contribution in [0, 0.1) is 0 Å². The fourth-order valence-corrected chi connectivity index (χ4v) is 2.83. The number of amides is 1. The van der Waals surface area contributed by atoms with Gasteiger partial charge in [0.1, 0.15) is 5.69 Å². The largest absolute Gasteiger partial charge is 0.493 e. The lowest BCUT2D eigenvalue weighted by molar-refractivity contribution is 0.0935. The zero-order valence-electron chi connectivity index (χ0n) is 15.9. The Morgan fingerprint density at radius 2 is 1.93 bits per heavy atom. The smallest absolute Gasteiger partial charge is 0.270 e. The van der Waals surface area contributed by atoms with Crippen LogP contribution in [0.1, 0.15) is 42.4 Å². The van der Waals surface area contributed by atoms with Gasteiger partial charge in [0, 0.05) is 5.39 Å². The van der Waals surface area contributed by atoms with Crippen molar-refractivity contribution < 1.29 is 14.3 Å². The molecule has 0 aliphatic rings. The van der Waals surface area contributed by atoms with Crippen LogP contribution in [-0.4, -0.2) is 24.6 Å². The van der Waals surface area contributed by atoms with E-state index in [1.807, 2.05) is 55.5 Å². The molecule has 1 aromatic heterocycles. The third-order valence-electron chi connectivity index (χ3n) is 4.33. The summed E-state index contributed by atoms with van der Waals surface area (Å²) in [6.07, 6.45) is 0.927. The summed E-state index contributed by atoms with van der Waals surface area (Å²) < 4.78 is 11.1. The molecule has 0 radical (unpaired) electrons. The number of carbonyl (C=O) groups is 1. The van der Waals surface area contributed by atoms with E-state index in [2.05, 4.69) is 17.2 Å². The van der Waals surface area contributed by atoms with Crippen LogP contribution in [0.5, 0.6) is 11.5 Å². The molecule has 5 nitrogen and oxygen atoms in total. The molecule has 1 N–H and O–H groups in total. The van der Waals surface area contributed by atoms with Gasteiger partial charge in [-0.3, -0.25) is 4.79 Å². The molecule has 27 heavy (non-hydrogen) atoms. The lowest BCUT2D eigenvalue weighted by Gasteiger charge is -2.17. The quantitative estimate of drug-likeness (QED) is 0.669. The lowest BCUT2D eigenvalue weighted by Crippen LogP contribution is -2.27. The molecule has 2 aromatic carbocycles. The number of hydrogen-bond donors (Lipinski definition) is 1. The van der Waals surface area contributed by atoms with Crippen LogP contribution in [0.2, 0.25) is 0 Å². The Labute approximate surface area is 159 Å². The van der Waals surface area contributed by atoms with Crippen molar-refractivity contribution in [2.45, 2.75) is 26.3 Å². The van der Waals surface area contributed by atoms with Crippen molar-refractivity contribution in [3.8, 4) is 11.5 Å². The van der Waals surface area contributed by atoms with E-state index in [1.54, 1.807) is 13.2 Å². The number of rotatable bonds is 7. The predicted octanol–water partition coefficient (Wildman–Crippen LogP) is 4.52. The maximum Gasteiger partial charge on any atom is 0.270 e. The summed E-state index contributed by atoms with van der Waals surface area (Å²) in [7, 11) is 1.61. The SMILES string of the molecule is CCCOc1ccc(C(C)NC(=O)c2ccc3ccccc3n2)cc1OC. The zero-order chi connectivity index (χ0) is 19.2. The van der Waals surface area contributed by atoms with Crippen LogP contribution < -0.4 is 14.8 Å². The number of carbonyl (C=O) groups excluding carboxylic acids is 1. The highest BCUT2D eigenvalue weighted by Crippen LogP contribution is 2.30. The first-order valence-electron chi connectivity index (χ1n) is 9.09. The second-order valence-corrected chi connectivity index (χ2v) is 6.34. The first-order chi connectivity index (χ1) is 13.1. The van der Waals surface area contributed by atoms with Crippen molar-refractivity contribution in [3.63, 3.8) is 0 Å². The molecule has 0 saturated heterocycles. The number of para-hydroxylation sites is 1. The van der Waals surface area contributed by atoms with Crippen LogP contribution in [0.4, 0.5) is 0 Å². The van der Waals surface area contributed by atoms with Gasteiger partial charge in [0.05, 0.1) is 25.3 Å². The molecule has 1 unspecified atom stereocenters. The van der Waals surface area contributed by atoms with E-state index >= 15 is 0 Å². The molecule has 3 aromatic rings. The van der Waals surface area contributed by atoms with Gasteiger partial charge in [-0.15, -0.1) is 0 Å². The van der Waals surface area contributed by atoms with E-state index in [0.717, 1.165) is 22.9 Å². The Kier molecular flexibility index (Phi) is 5.91. The first kappa shape index (κ1) is 18.7. The van der Waals surface area contributed by atoms with E-state index in [1.165, 1.54) is 0 Å². The van der Waals surface area contributed by atoms with Gasteiger partial charge in [-0.1, -0.05) is 37.3 Å². The number of nitrogens with one attached hydrogen (secondary N) is 1. The molecule has 1 amide bonds. The van der Waals surface area contributed by atoms with Gasteiger partial charge in [-0.05, 0) is 43.2 Å². The molecule has 1 heterocycles. The van der Waals surface area contributed by atoms with E-state index in [-0.39, 0.29) is 11.9 Å². The maximum absolute atomic E-state index is 12.6. The second kappa shape index (κ2) is 8.54. The molecular formula is C22H24N2O3. The topological polar surface area (TPSA) is 60.5 Å². The van der Waals surface area contributed by atoms with Crippen molar-refractivity contribution >= 4 is 16.8 Å². The lowest BCUT2D eigenvalue weighted by atomic mass is 10.1. The van der Waals surface area contributed by atoms with Crippen molar-refractivity contribution in [2.75, 3.05) is 13.7 Å². The minimum atomic E-state index is -0.210. The Morgan fingerprint density at radius 3 is 2.70 bits per heavy atom. The van der Waals surface area contributed by atoms with E-state index in [4.69, 9.17) is 9.47 Å². The molecule has 3 rings (SSSR count). The Hall–Kier alpha value is -3.08. The highest BCUT2D eigenvalue weighted by molar-refractivity contribution is 5.95. The minimum absolute atomic E-state index is 0.195. The van der Waals surface area contributed by atoms with Crippen molar-refractivity contribution in [2.24, 2.45) is 0 Å². The highest BCUT2D eigenvalue weighted by atomic mass is 16.5. The summed E-state index contributed by atoms with van der Waals surface area (Å²) in [5.41, 5.74) is 2.14. The van der Waals surface area contributed by atoms with Gasteiger partial charge in [0.15, 0.2) is 11.5 Å². The monoisotopic (exact) mass is 364 g/mol. The maximum atomic E-state index is 12.6. The van der Waals surface area contributed by atoms with Crippen molar-refractivity contribution in [1.29, 1.82) is 0 Å². The summed E-state index contributed by atoms with van der Waals surface area (Å²) >= 11 is 0. The van der Waals surface area contributed by atoms with Crippen molar-refractivity contribution in [1.82, 2.24) is 10.3 Å². The number of nitrogens with zero attached hydrogens (tertiary/aromatic N) is 1. The third-order valence-corrected chi connectivity index (χ3v) is 4.33. The molecule has 0 saturated carbocycles. The standard InChI is InChI=1S/C22H24N2O3/c1-4-13-27-20-12-10-17(14-21(20)26-3)15(2)23-22(25)19-11-9-16-7-5-6-8-18(16)24-19/h5-12,14-15H,4,13H2,1-3H3,(H,23,25). The van der Waals surface area contributed by atoms with E-state index < -0.39 is 0 Å². The summed E-state index contributed by atoms with van der Waals surface area (Å²) in [5, 5.41) is 4.00. The molecule has 0 aliphatic heterocycles. The number of benzene rings is 2. The number of ether oxygens (including phenoxy) is 2. The Morgan fingerprint density at radius 1 is 1.11 bits per heavy atom. The van der Waals surface area contributed by atoms with Crippen LogP contribution in [0.15, 0.2) is 54.6 Å². The van der Waals surface area contributed by atoms with Crippen LogP contribution >= 0.6 is 0 Å². The number of fused-ring (bicyclic) bond motifs is 1. The number of hydrogen-bond acceptors (Lipinski definition) is 4. The Balaban J connectivity index is 1.75. The summed E-state index contributed by atoms with van der Waals surface area (Å²) in [5.74, 6) is 1.15. The molecule has 5 heteroatoms. The molecule has 140 valence electrons. The summed E-state index contributed by atoms with van der Waals surface area (Å²) in [4.78, 5) is 17.1. The number of pyridine rings is 1.